The molecule has 0 radical (unpaired) electrons. The molecule has 0 aliphatic rings. The molecule has 0 aliphatic heterocycles. The van der Waals surface area contributed by atoms with Gasteiger partial charge < -0.3 is 24.9 Å². The number of nitrogens with one attached hydrogen (secondary N) is 2. The zero-order valence-electron chi connectivity index (χ0n) is 16.0. The summed E-state index contributed by atoms with van der Waals surface area (Å²) in [6, 6.07) is 10.5. The molecule has 0 aliphatic carbocycles. The van der Waals surface area contributed by atoms with Gasteiger partial charge in [0.2, 0.25) is 0 Å². The summed E-state index contributed by atoms with van der Waals surface area (Å²) in [6.07, 6.45) is -1.14. The molecule has 3 rings (SSSR count). The quantitative estimate of drug-likeness (QED) is 0.598. The zero-order valence-corrected chi connectivity index (χ0v) is 16.0. The number of methoxy groups -OCH3 is 1. The number of hydrogen-bond donors (Lipinski definition) is 3. The second-order valence-corrected chi connectivity index (χ2v) is 6.57. The number of fused-ring (bicyclic) bond motifs is 1. The Balaban J connectivity index is 1.63. The topological polar surface area (TPSA) is 83.7 Å². The van der Waals surface area contributed by atoms with Crippen LogP contribution in [0.2, 0.25) is 0 Å². The van der Waals surface area contributed by atoms with Crippen LogP contribution in [0.5, 0.6) is 5.75 Å². The number of benzene rings is 2. The van der Waals surface area contributed by atoms with E-state index in [9.17, 15) is 14.3 Å². The minimum absolute atomic E-state index is 0.115. The minimum atomic E-state index is -1.14. The van der Waals surface area contributed by atoms with Crippen molar-refractivity contribution in [1.29, 1.82) is 0 Å². The van der Waals surface area contributed by atoms with Crippen molar-refractivity contribution >= 4 is 17.0 Å². The van der Waals surface area contributed by atoms with Crippen molar-refractivity contribution in [2.75, 3.05) is 13.7 Å². The Morgan fingerprint density at radius 2 is 2.04 bits per heavy atom. The fraction of sp³-hybridized carbons (Fsp3) is 0.286. The number of aliphatic hydroxyl groups is 1. The number of carbonyl (C=O) groups excluding carboxylic acids is 1. The molecular weight excluding hydrogens is 363 g/mol. The van der Waals surface area contributed by atoms with Gasteiger partial charge in [-0.2, -0.15) is 0 Å². The molecule has 0 bridgehead atoms. The van der Waals surface area contributed by atoms with Crippen LogP contribution in [0.25, 0.3) is 11.0 Å². The summed E-state index contributed by atoms with van der Waals surface area (Å²) in [5.74, 6) is 0.843. The number of furan rings is 1. The van der Waals surface area contributed by atoms with Crippen molar-refractivity contribution in [3.63, 3.8) is 0 Å². The average Bonchev–Trinajstić information content (AvgIpc) is 3.02. The number of rotatable bonds is 6. The van der Waals surface area contributed by atoms with Crippen molar-refractivity contribution in [2.24, 2.45) is 0 Å². The first-order valence-electron chi connectivity index (χ1n) is 8.94. The number of urea groups is 1. The van der Waals surface area contributed by atoms with Crippen LogP contribution in [0.1, 0.15) is 36.0 Å². The molecule has 6 nitrogen and oxygen atoms in total. The van der Waals surface area contributed by atoms with Gasteiger partial charge in [0, 0.05) is 23.1 Å². The molecule has 0 fully saturated rings. The lowest BCUT2D eigenvalue weighted by atomic mass is 10.1. The summed E-state index contributed by atoms with van der Waals surface area (Å²) < 4.78 is 24.8. The Hall–Kier alpha value is -3.06. The van der Waals surface area contributed by atoms with Crippen molar-refractivity contribution in [2.45, 2.75) is 26.0 Å². The minimum Gasteiger partial charge on any atom is -0.497 e. The monoisotopic (exact) mass is 386 g/mol. The SMILES string of the molecule is COc1ccc2oc(C(C)NC(=O)NCC(O)c3ccccc3F)c(C)c2c1. The lowest BCUT2D eigenvalue weighted by Gasteiger charge is -2.16. The molecule has 7 heteroatoms. The average molecular weight is 386 g/mol. The first kappa shape index (κ1) is 19.7. The molecule has 2 amide bonds. The van der Waals surface area contributed by atoms with E-state index in [-0.39, 0.29) is 12.1 Å². The van der Waals surface area contributed by atoms with E-state index in [0.29, 0.717) is 11.3 Å². The molecular formula is C21H23FN2O4. The highest BCUT2D eigenvalue weighted by molar-refractivity contribution is 5.84. The maximum atomic E-state index is 13.7. The van der Waals surface area contributed by atoms with Crippen LogP contribution in [0.15, 0.2) is 46.9 Å². The Morgan fingerprint density at radius 1 is 1.29 bits per heavy atom. The van der Waals surface area contributed by atoms with Gasteiger partial charge in [-0.3, -0.25) is 0 Å². The third-order valence-corrected chi connectivity index (χ3v) is 4.64. The third-order valence-electron chi connectivity index (χ3n) is 4.64. The fourth-order valence-corrected chi connectivity index (χ4v) is 3.12. The maximum absolute atomic E-state index is 13.7. The van der Waals surface area contributed by atoms with Crippen LogP contribution in [0.4, 0.5) is 9.18 Å². The molecule has 28 heavy (non-hydrogen) atoms. The van der Waals surface area contributed by atoms with Crippen LogP contribution in [-0.4, -0.2) is 24.8 Å². The highest BCUT2D eigenvalue weighted by atomic mass is 19.1. The molecule has 0 saturated carbocycles. The number of aryl methyl sites for hydroxylation is 1. The summed E-state index contributed by atoms with van der Waals surface area (Å²) >= 11 is 0. The summed E-state index contributed by atoms with van der Waals surface area (Å²) in [7, 11) is 1.60. The number of amides is 2. The first-order valence-corrected chi connectivity index (χ1v) is 8.94. The van der Waals surface area contributed by atoms with Crippen molar-refractivity contribution in [1.82, 2.24) is 10.6 Å². The first-order chi connectivity index (χ1) is 13.4. The molecule has 2 aromatic carbocycles. The number of halogens is 1. The Bertz CT molecular complexity index is 986. The molecule has 3 aromatic rings. The van der Waals surface area contributed by atoms with E-state index in [1.165, 1.54) is 12.1 Å². The summed E-state index contributed by atoms with van der Waals surface area (Å²) in [4.78, 5) is 12.2. The Kier molecular flexibility index (Phi) is 5.84. The highest BCUT2D eigenvalue weighted by Crippen LogP contribution is 2.31. The number of carbonyl (C=O) groups is 1. The van der Waals surface area contributed by atoms with Crippen LogP contribution < -0.4 is 15.4 Å². The lowest BCUT2D eigenvalue weighted by molar-refractivity contribution is 0.168. The van der Waals surface area contributed by atoms with E-state index in [4.69, 9.17) is 9.15 Å². The van der Waals surface area contributed by atoms with Crippen LogP contribution in [0, 0.1) is 12.7 Å². The molecule has 0 saturated heterocycles. The number of aliphatic hydroxyl groups excluding tert-OH is 1. The summed E-state index contributed by atoms with van der Waals surface area (Å²) in [5, 5.41) is 16.3. The van der Waals surface area contributed by atoms with Gasteiger partial charge in [0.05, 0.1) is 19.3 Å². The molecule has 148 valence electrons. The van der Waals surface area contributed by atoms with Gasteiger partial charge in [-0.15, -0.1) is 0 Å². The Labute approximate surface area is 162 Å². The van der Waals surface area contributed by atoms with Crippen LogP contribution >= 0.6 is 0 Å². The Morgan fingerprint density at radius 3 is 2.75 bits per heavy atom. The summed E-state index contributed by atoms with van der Waals surface area (Å²) in [6.45, 7) is 3.60. The van der Waals surface area contributed by atoms with E-state index < -0.39 is 24.0 Å². The maximum Gasteiger partial charge on any atom is 0.315 e. The molecule has 1 aromatic heterocycles. The smallest absolute Gasteiger partial charge is 0.315 e. The van der Waals surface area contributed by atoms with Gasteiger partial charge in [-0.1, -0.05) is 18.2 Å². The van der Waals surface area contributed by atoms with E-state index >= 15 is 0 Å². The van der Waals surface area contributed by atoms with Crippen LogP contribution in [0.3, 0.4) is 0 Å². The largest absolute Gasteiger partial charge is 0.497 e. The number of hydrogen-bond acceptors (Lipinski definition) is 4. The predicted octanol–water partition coefficient (Wildman–Crippen LogP) is 3.98. The highest BCUT2D eigenvalue weighted by Gasteiger charge is 2.20. The lowest BCUT2D eigenvalue weighted by Crippen LogP contribution is -2.39. The van der Waals surface area contributed by atoms with Gasteiger partial charge in [0.25, 0.3) is 0 Å². The molecule has 0 spiro atoms. The van der Waals surface area contributed by atoms with Crippen LogP contribution in [-0.2, 0) is 0 Å². The van der Waals surface area contributed by atoms with E-state index in [2.05, 4.69) is 10.6 Å². The second-order valence-electron chi connectivity index (χ2n) is 6.57. The fourth-order valence-electron chi connectivity index (χ4n) is 3.12. The van der Waals surface area contributed by atoms with E-state index in [1.807, 2.05) is 25.1 Å². The predicted molar refractivity (Wildman–Crippen MR) is 104 cm³/mol. The van der Waals surface area contributed by atoms with Gasteiger partial charge >= 0.3 is 6.03 Å². The zero-order chi connectivity index (χ0) is 20.3. The standard InChI is InChI=1S/C21H23FN2O4/c1-12-16-10-14(27-3)8-9-19(16)28-20(12)13(2)24-21(26)23-11-18(25)15-6-4-5-7-17(15)22/h4-10,13,18,25H,11H2,1-3H3,(H2,23,24,26). The van der Waals surface area contributed by atoms with Crippen molar-refractivity contribution in [3.05, 3.63) is 65.2 Å². The van der Waals surface area contributed by atoms with Gasteiger partial charge in [-0.25, -0.2) is 9.18 Å². The number of ether oxygens (including phenoxy) is 1. The van der Waals surface area contributed by atoms with E-state index in [1.54, 1.807) is 26.2 Å². The van der Waals surface area contributed by atoms with Crippen molar-refractivity contribution < 1.29 is 23.4 Å². The molecule has 3 N–H and O–H groups in total. The van der Waals surface area contributed by atoms with Crippen molar-refractivity contribution in [3.8, 4) is 5.75 Å². The normalized spacial score (nSPS) is 13.2. The van der Waals surface area contributed by atoms with Gasteiger partial charge in [-0.05, 0) is 38.1 Å². The summed E-state index contributed by atoms with van der Waals surface area (Å²) in [5.41, 5.74) is 1.75. The third kappa shape index (κ3) is 4.09. The molecule has 1 heterocycles. The second kappa shape index (κ2) is 8.31. The molecule has 2 atom stereocenters. The van der Waals surface area contributed by atoms with E-state index in [0.717, 1.165) is 16.7 Å². The van der Waals surface area contributed by atoms with Gasteiger partial charge in [0.15, 0.2) is 0 Å². The molecule has 2 unspecified atom stereocenters. The van der Waals surface area contributed by atoms with Gasteiger partial charge in [0.1, 0.15) is 22.9 Å².